The van der Waals surface area contributed by atoms with Crippen molar-refractivity contribution in [2.45, 2.75) is 50.9 Å². The smallest absolute Gasteiger partial charge is 0.215 e. The Labute approximate surface area is 105 Å². The zero-order valence-corrected chi connectivity index (χ0v) is 11.8. The molecule has 1 unspecified atom stereocenters. The summed E-state index contributed by atoms with van der Waals surface area (Å²) in [4.78, 5) is 2.37. The molecule has 1 rings (SSSR count). The Bertz CT molecular complexity index is 322. The van der Waals surface area contributed by atoms with Crippen LogP contribution in [0.25, 0.3) is 0 Å². The van der Waals surface area contributed by atoms with E-state index in [9.17, 15) is 8.42 Å². The van der Waals surface area contributed by atoms with Gasteiger partial charge in [0.05, 0.1) is 5.25 Å². The highest BCUT2D eigenvalue weighted by Crippen LogP contribution is 2.14. The quantitative estimate of drug-likeness (QED) is 0.739. The van der Waals surface area contributed by atoms with Crippen molar-refractivity contribution >= 4 is 10.0 Å². The maximum atomic E-state index is 11.8. The number of hydrogen-bond acceptors (Lipinski definition) is 4. The van der Waals surface area contributed by atoms with Gasteiger partial charge in [-0.2, -0.15) is 0 Å². The Morgan fingerprint density at radius 2 is 1.82 bits per heavy atom. The van der Waals surface area contributed by atoms with Gasteiger partial charge in [0.25, 0.3) is 0 Å². The molecule has 0 amide bonds. The molecule has 3 N–H and O–H groups in total. The minimum Gasteiger partial charge on any atom is -0.329 e. The van der Waals surface area contributed by atoms with Gasteiger partial charge in [0.15, 0.2) is 0 Å². The molecule has 0 aromatic heterocycles. The van der Waals surface area contributed by atoms with Crippen molar-refractivity contribution in [1.29, 1.82) is 0 Å². The fraction of sp³-hybridized carbons (Fsp3) is 1.00. The van der Waals surface area contributed by atoms with E-state index in [1.165, 1.54) is 0 Å². The molecule has 102 valence electrons. The molecule has 1 fully saturated rings. The number of sulfonamides is 1. The molecule has 0 saturated carbocycles. The first-order chi connectivity index (χ1) is 7.86. The topological polar surface area (TPSA) is 75.4 Å². The van der Waals surface area contributed by atoms with Crippen molar-refractivity contribution in [3.63, 3.8) is 0 Å². The molecule has 1 heterocycles. The summed E-state index contributed by atoms with van der Waals surface area (Å²) in [6, 6.07) is 0.611. The van der Waals surface area contributed by atoms with Crippen LogP contribution in [0, 0.1) is 0 Å². The Morgan fingerprint density at radius 1 is 1.29 bits per heavy atom. The van der Waals surface area contributed by atoms with Gasteiger partial charge in [-0.05, 0) is 46.7 Å². The molecule has 0 aromatic rings. The monoisotopic (exact) mass is 263 g/mol. The van der Waals surface area contributed by atoms with E-state index in [0.29, 0.717) is 6.04 Å². The Kier molecular flexibility index (Phi) is 5.37. The second-order valence-corrected chi connectivity index (χ2v) is 7.24. The molecule has 0 aromatic carbocycles. The summed E-state index contributed by atoms with van der Waals surface area (Å²) in [6.07, 6.45) is 1.77. The molecule has 1 saturated heterocycles. The molecule has 0 aliphatic carbocycles. The van der Waals surface area contributed by atoms with Crippen LogP contribution in [0.1, 0.15) is 33.6 Å². The zero-order chi connectivity index (χ0) is 13.1. The van der Waals surface area contributed by atoms with Crippen LogP contribution in [0.4, 0.5) is 0 Å². The molecule has 0 bridgehead atoms. The van der Waals surface area contributed by atoms with Crippen molar-refractivity contribution in [3.8, 4) is 0 Å². The maximum Gasteiger partial charge on any atom is 0.215 e. The molecule has 1 aliphatic heterocycles. The van der Waals surface area contributed by atoms with E-state index < -0.39 is 15.3 Å². The summed E-state index contributed by atoms with van der Waals surface area (Å²) in [5.41, 5.74) is 5.40. The summed E-state index contributed by atoms with van der Waals surface area (Å²) in [6.45, 7) is 8.07. The van der Waals surface area contributed by atoms with Crippen LogP contribution in [-0.4, -0.2) is 50.3 Å². The Balaban J connectivity index is 2.46. The number of nitrogens with one attached hydrogen (secondary N) is 1. The normalized spacial score (nSPS) is 21.9. The summed E-state index contributed by atoms with van der Waals surface area (Å²) >= 11 is 0. The standard InChI is InChI=1S/C11H25N3O2S/c1-9(2)14-6-4-11(5-7-14)13-17(15,16)10(3)8-12/h9-11,13H,4-8,12H2,1-3H3. The zero-order valence-electron chi connectivity index (χ0n) is 11.0. The molecule has 0 radical (unpaired) electrons. The van der Waals surface area contributed by atoms with Gasteiger partial charge in [-0.15, -0.1) is 0 Å². The van der Waals surface area contributed by atoms with Crippen LogP contribution in [0.3, 0.4) is 0 Å². The van der Waals surface area contributed by atoms with Crippen LogP contribution in [0.5, 0.6) is 0 Å². The van der Waals surface area contributed by atoms with E-state index in [2.05, 4.69) is 23.5 Å². The van der Waals surface area contributed by atoms with E-state index in [4.69, 9.17) is 5.73 Å². The average Bonchev–Trinajstić information content (AvgIpc) is 2.28. The van der Waals surface area contributed by atoms with Gasteiger partial charge in [-0.25, -0.2) is 13.1 Å². The van der Waals surface area contributed by atoms with E-state index in [1.807, 2.05) is 0 Å². The third kappa shape index (κ3) is 4.21. The molecule has 5 nitrogen and oxygen atoms in total. The number of piperidine rings is 1. The summed E-state index contributed by atoms with van der Waals surface area (Å²) in [5.74, 6) is 0. The minimum absolute atomic E-state index is 0.0731. The lowest BCUT2D eigenvalue weighted by molar-refractivity contribution is 0.168. The lowest BCUT2D eigenvalue weighted by atomic mass is 10.1. The number of rotatable bonds is 5. The largest absolute Gasteiger partial charge is 0.329 e. The first-order valence-corrected chi connectivity index (χ1v) is 7.86. The van der Waals surface area contributed by atoms with Gasteiger partial charge < -0.3 is 10.6 Å². The van der Waals surface area contributed by atoms with Gasteiger partial charge in [-0.3, -0.25) is 0 Å². The first-order valence-electron chi connectivity index (χ1n) is 6.32. The van der Waals surface area contributed by atoms with Gasteiger partial charge >= 0.3 is 0 Å². The average molecular weight is 263 g/mol. The third-order valence-corrected chi connectivity index (χ3v) is 5.37. The van der Waals surface area contributed by atoms with Crippen molar-refractivity contribution in [3.05, 3.63) is 0 Å². The number of hydrogen-bond donors (Lipinski definition) is 2. The summed E-state index contributed by atoms with van der Waals surface area (Å²) < 4.78 is 26.5. The van der Waals surface area contributed by atoms with Gasteiger partial charge in [0, 0.05) is 18.6 Å². The second-order valence-electron chi connectivity index (χ2n) is 5.11. The fourth-order valence-electron chi connectivity index (χ4n) is 2.01. The van der Waals surface area contributed by atoms with Gasteiger partial charge in [0.2, 0.25) is 10.0 Å². The molecular formula is C11H25N3O2S. The van der Waals surface area contributed by atoms with Crippen molar-refractivity contribution in [2.24, 2.45) is 5.73 Å². The SMILES string of the molecule is CC(C)N1CCC(NS(=O)(=O)C(C)CN)CC1. The third-order valence-electron chi connectivity index (χ3n) is 3.45. The van der Waals surface area contributed by atoms with E-state index >= 15 is 0 Å². The predicted molar refractivity (Wildman–Crippen MR) is 70.3 cm³/mol. The van der Waals surface area contributed by atoms with E-state index in [-0.39, 0.29) is 12.6 Å². The fourth-order valence-corrected chi connectivity index (χ4v) is 3.19. The van der Waals surface area contributed by atoms with E-state index in [1.54, 1.807) is 6.92 Å². The highest BCUT2D eigenvalue weighted by molar-refractivity contribution is 7.90. The van der Waals surface area contributed by atoms with Crippen molar-refractivity contribution in [1.82, 2.24) is 9.62 Å². The number of likely N-dealkylation sites (tertiary alicyclic amines) is 1. The lowest BCUT2D eigenvalue weighted by Crippen LogP contribution is -2.49. The van der Waals surface area contributed by atoms with Gasteiger partial charge in [0.1, 0.15) is 0 Å². The second kappa shape index (κ2) is 6.13. The van der Waals surface area contributed by atoms with Crippen molar-refractivity contribution < 1.29 is 8.42 Å². The summed E-state index contributed by atoms with van der Waals surface area (Å²) in [5, 5.41) is -0.509. The van der Waals surface area contributed by atoms with Crippen LogP contribution >= 0.6 is 0 Å². The Hall–Kier alpha value is -0.170. The van der Waals surface area contributed by atoms with Gasteiger partial charge in [-0.1, -0.05) is 0 Å². The van der Waals surface area contributed by atoms with Crippen LogP contribution in [0.2, 0.25) is 0 Å². The first kappa shape index (κ1) is 14.9. The molecular weight excluding hydrogens is 238 g/mol. The maximum absolute atomic E-state index is 11.8. The molecule has 1 aliphatic rings. The van der Waals surface area contributed by atoms with Crippen LogP contribution < -0.4 is 10.5 Å². The number of nitrogens with zero attached hydrogens (tertiary/aromatic N) is 1. The molecule has 1 atom stereocenters. The minimum atomic E-state index is -3.24. The number of nitrogens with two attached hydrogens (primary N) is 1. The van der Waals surface area contributed by atoms with Crippen molar-refractivity contribution in [2.75, 3.05) is 19.6 Å². The van der Waals surface area contributed by atoms with Crippen LogP contribution in [0.15, 0.2) is 0 Å². The Morgan fingerprint density at radius 3 is 2.24 bits per heavy atom. The molecule has 17 heavy (non-hydrogen) atoms. The molecule has 0 spiro atoms. The highest BCUT2D eigenvalue weighted by atomic mass is 32.2. The predicted octanol–water partition coefficient (Wildman–Crippen LogP) is 0.126. The molecule has 6 heteroatoms. The lowest BCUT2D eigenvalue weighted by Gasteiger charge is -2.35. The van der Waals surface area contributed by atoms with Crippen LogP contribution in [-0.2, 0) is 10.0 Å². The van der Waals surface area contributed by atoms with E-state index in [0.717, 1.165) is 25.9 Å². The summed E-state index contributed by atoms with van der Waals surface area (Å²) in [7, 11) is -3.24. The highest BCUT2D eigenvalue weighted by Gasteiger charge is 2.27.